The minimum absolute atomic E-state index is 0.120. The lowest BCUT2D eigenvalue weighted by atomic mass is 10.1. The molecule has 39 heavy (non-hydrogen) atoms. The maximum absolute atomic E-state index is 12.0. The van der Waals surface area contributed by atoms with Crippen molar-refractivity contribution >= 4 is 30.2 Å². The molecule has 1 aromatic carbocycles. The maximum Gasteiger partial charge on any atom is 0.408 e. The van der Waals surface area contributed by atoms with Crippen LogP contribution < -0.4 is 21.4 Å². The second kappa shape index (κ2) is 19.6. The molecule has 3 amide bonds. The highest BCUT2D eigenvalue weighted by Gasteiger charge is 2.17. The fourth-order valence-corrected chi connectivity index (χ4v) is 2.66. The molecule has 0 spiro atoms. The Kier molecular flexibility index (Phi) is 16.9. The molecule has 0 saturated heterocycles. The van der Waals surface area contributed by atoms with Crippen LogP contribution in [-0.4, -0.2) is 102 Å². The van der Waals surface area contributed by atoms with Gasteiger partial charge in [0.1, 0.15) is 31.5 Å². The molecule has 0 radical (unpaired) electrons. The Labute approximate surface area is 227 Å². The van der Waals surface area contributed by atoms with Crippen LogP contribution in [-0.2, 0) is 33.4 Å². The van der Waals surface area contributed by atoms with E-state index < -0.39 is 30.1 Å². The van der Waals surface area contributed by atoms with Crippen LogP contribution in [0.4, 0.5) is 4.79 Å². The molecule has 0 unspecified atom stereocenters. The predicted octanol–water partition coefficient (Wildman–Crippen LogP) is -1.06. The van der Waals surface area contributed by atoms with Gasteiger partial charge < -0.3 is 34.4 Å². The Bertz CT molecular complexity index is 903. The lowest BCUT2D eigenvalue weighted by Crippen LogP contribution is -2.88. The molecule has 0 bridgehead atoms. The fourth-order valence-electron chi connectivity index (χ4n) is 2.66. The van der Waals surface area contributed by atoms with E-state index in [9.17, 15) is 24.0 Å². The number of hydrogen-bond donors (Lipinski definition) is 4. The largest absolute Gasteiger partial charge is 0.444 e. The summed E-state index contributed by atoms with van der Waals surface area (Å²) in [5.41, 5.74) is 2.57. The van der Waals surface area contributed by atoms with Crippen LogP contribution in [0.3, 0.4) is 0 Å². The maximum atomic E-state index is 12.0. The van der Waals surface area contributed by atoms with Gasteiger partial charge in [0, 0.05) is 12.1 Å². The zero-order chi connectivity index (χ0) is 28.9. The van der Waals surface area contributed by atoms with E-state index >= 15 is 0 Å². The number of ether oxygens (including phenoxy) is 4. The molecule has 0 aromatic heterocycles. The van der Waals surface area contributed by atoms with Gasteiger partial charge >= 0.3 is 18.0 Å². The predicted molar refractivity (Wildman–Crippen MR) is 137 cm³/mol. The van der Waals surface area contributed by atoms with Gasteiger partial charge in [0.2, 0.25) is 5.91 Å². The molecule has 0 heterocycles. The summed E-state index contributed by atoms with van der Waals surface area (Å²) in [5, 5.41) is 6.35. The smallest absolute Gasteiger partial charge is 0.408 e. The number of carbonyl (C=O) groups excluding carboxylic acids is 5. The van der Waals surface area contributed by atoms with Crippen molar-refractivity contribution < 1.29 is 53.1 Å². The van der Waals surface area contributed by atoms with E-state index in [-0.39, 0.29) is 25.6 Å². The molecular formula is C25H39N4O10+. The van der Waals surface area contributed by atoms with Gasteiger partial charge in [-0.2, -0.15) is 0 Å². The van der Waals surface area contributed by atoms with Crippen molar-refractivity contribution in [1.29, 1.82) is 0 Å². The molecular weight excluding hydrogens is 516 g/mol. The van der Waals surface area contributed by atoms with Crippen molar-refractivity contribution in [3.05, 3.63) is 35.4 Å². The number of primary amides is 1. The molecule has 0 atom stereocenters. The number of quaternary nitrogens is 1. The summed E-state index contributed by atoms with van der Waals surface area (Å²) in [4.78, 5) is 61.9. The summed E-state index contributed by atoms with van der Waals surface area (Å²) in [7, 11) is 0. The molecule has 1 rings (SSSR count). The first-order valence-corrected chi connectivity index (χ1v) is 12.4. The van der Waals surface area contributed by atoms with Crippen LogP contribution >= 0.6 is 0 Å². The third-order valence-corrected chi connectivity index (χ3v) is 4.43. The molecule has 218 valence electrons. The van der Waals surface area contributed by atoms with Gasteiger partial charge in [0.15, 0.2) is 0 Å². The number of alkyl carbamates (subject to hydrolysis) is 1. The van der Waals surface area contributed by atoms with Crippen LogP contribution in [0.15, 0.2) is 24.3 Å². The number of benzene rings is 1. The van der Waals surface area contributed by atoms with Crippen LogP contribution in [0.5, 0.6) is 0 Å². The lowest BCUT2D eigenvalue weighted by Gasteiger charge is -2.19. The van der Waals surface area contributed by atoms with Crippen molar-refractivity contribution in [3.8, 4) is 0 Å². The topological polar surface area (TPSA) is 184 Å². The number of aldehydes is 1. The summed E-state index contributed by atoms with van der Waals surface area (Å²) in [6.07, 6.45) is -0.0286. The van der Waals surface area contributed by atoms with E-state index in [0.717, 1.165) is 6.29 Å². The second-order valence-corrected chi connectivity index (χ2v) is 8.93. The number of nitrogens with one attached hydrogen (secondary N) is 3. The van der Waals surface area contributed by atoms with E-state index in [4.69, 9.17) is 18.9 Å². The van der Waals surface area contributed by atoms with Gasteiger partial charge in [-0.05, 0) is 32.9 Å². The Hall–Kier alpha value is -3.43. The summed E-state index contributed by atoms with van der Waals surface area (Å²) in [6, 6.07) is 6.42. The highest BCUT2D eigenvalue weighted by Crippen LogP contribution is 2.06. The summed E-state index contributed by atoms with van der Waals surface area (Å²) in [5.74, 6) is -1.31. The Morgan fingerprint density at radius 1 is 0.846 bits per heavy atom. The van der Waals surface area contributed by atoms with Crippen molar-refractivity contribution in [2.45, 2.75) is 26.4 Å². The van der Waals surface area contributed by atoms with Gasteiger partial charge in [0.25, 0.3) is 0 Å². The number of hydroxylamine groups is 1. The summed E-state index contributed by atoms with van der Waals surface area (Å²) >= 11 is 0. The minimum atomic E-state index is -0.783. The minimum Gasteiger partial charge on any atom is -0.444 e. The zero-order valence-electron chi connectivity index (χ0n) is 22.6. The first-order valence-electron chi connectivity index (χ1n) is 12.4. The van der Waals surface area contributed by atoms with Crippen molar-refractivity contribution in [2.24, 2.45) is 0 Å². The molecule has 14 heteroatoms. The fraction of sp³-hybridized carbons (Fsp3) is 0.560. The zero-order valence-corrected chi connectivity index (χ0v) is 22.6. The molecule has 0 aliphatic rings. The standard InChI is InChI=1S/C25H38N4O10/c1-25(2,3)38-24(34)28-17-22(32)39-29-16-21(31)26-8-10-35-12-14-37-15-13-36-11-9-27-23(33)20-6-4-19(18-30)5-7-20/h4-7,18,29H,8-17H2,1-3H3,(H,26,31)(H,27,33)(H,28,34)/p+1. The van der Waals surface area contributed by atoms with Crippen LogP contribution in [0.2, 0.25) is 0 Å². The van der Waals surface area contributed by atoms with Crippen LogP contribution in [0, 0.1) is 0 Å². The third-order valence-electron chi connectivity index (χ3n) is 4.43. The number of hydrogen-bond acceptors (Lipinski definition) is 11. The molecule has 0 saturated carbocycles. The Morgan fingerprint density at radius 2 is 1.46 bits per heavy atom. The second-order valence-electron chi connectivity index (χ2n) is 8.93. The van der Waals surface area contributed by atoms with E-state index in [1.165, 1.54) is 0 Å². The normalized spacial score (nSPS) is 10.9. The number of carbonyl (C=O) groups is 5. The Balaban J connectivity index is 1.88. The summed E-state index contributed by atoms with van der Waals surface area (Å²) in [6.45, 7) is 7.22. The first kappa shape index (κ1) is 33.6. The first-order chi connectivity index (χ1) is 18.6. The van der Waals surface area contributed by atoms with Gasteiger partial charge in [-0.1, -0.05) is 12.1 Å². The summed E-state index contributed by atoms with van der Waals surface area (Å²) < 4.78 is 21.1. The molecule has 14 nitrogen and oxygen atoms in total. The molecule has 0 fully saturated rings. The van der Waals surface area contributed by atoms with Crippen molar-refractivity contribution in [3.63, 3.8) is 0 Å². The Morgan fingerprint density at radius 3 is 2.08 bits per heavy atom. The SMILES string of the molecule is CC(C)(C)OC(=O)NCC(=O)ONCC(=O)NCCOCCOCCOCC[NH2+]C(=O)c1ccc(C=O)cc1. The number of amides is 3. The lowest BCUT2D eigenvalue weighted by molar-refractivity contribution is -0.557. The average Bonchev–Trinajstić information content (AvgIpc) is 2.89. The molecule has 5 N–H and O–H groups in total. The van der Waals surface area contributed by atoms with Gasteiger partial charge in [0.05, 0.1) is 45.2 Å². The van der Waals surface area contributed by atoms with E-state index in [1.807, 2.05) is 0 Å². The van der Waals surface area contributed by atoms with Crippen LogP contribution in [0.25, 0.3) is 0 Å². The highest BCUT2D eigenvalue weighted by molar-refractivity contribution is 5.87. The van der Waals surface area contributed by atoms with Crippen molar-refractivity contribution in [2.75, 3.05) is 65.8 Å². The molecule has 1 aromatic rings. The van der Waals surface area contributed by atoms with Gasteiger partial charge in [-0.3, -0.25) is 14.9 Å². The van der Waals surface area contributed by atoms with E-state index in [0.29, 0.717) is 50.7 Å². The average molecular weight is 556 g/mol. The van der Waals surface area contributed by atoms with Gasteiger partial charge in [-0.15, -0.1) is 5.48 Å². The number of nitrogens with two attached hydrogens (primary N) is 1. The quantitative estimate of drug-likeness (QED) is 0.0927. The molecule has 0 aliphatic carbocycles. The van der Waals surface area contributed by atoms with Crippen LogP contribution in [0.1, 0.15) is 41.5 Å². The van der Waals surface area contributed by atoms with Crippen molar-refractivity contribution in [1.82, 2.24) is 16.1 Å². The van der Waals surface area contributed by atoms with E-state index in [2.05, 4.69) is 21.0 Å². The monoisotopic (exact) mass is 555 g/mol. The van der Waals surface area contributed by atoms with Gasteiger partial charge in [-0.25, -0.2) is 14.4 Å². The molecule has 0 aliphatic heterocycles. The third kappa shape index (κ3) is 18.5. The number of rotatable bonds is 19. The highest BCUT2D eigenvalue weighted by atomic mass is 16.7. The van der Waals surface area contributed by atoms with E-state index in [1.54, 1.807) is 50.4 Å².